The lowest BCUT2D eigenvalue weighted by Crippen LogP contribution is -2.21. The molecule has 2 atom stereocenters. The van der Waals surface area contributed by atoms with Gasteiger partial charge in [-0.15, -0.1) is 0 Å². The molecule has 2 unspecified atom stereocenters. The molecule has 0 aliphatic carbocycles. The highest BCUT2D eigenvalue weighted by Gasteiger charge is 2.22. The number of carboxylic acid groups (broad SMARTS) is 1. The largest absolute Gasteiger partial charge is 0.505 e. The van der Waals surface area contributed by atoms with Crippen molar-refractivity contribution in [3.63, 3.8) is 0 Å². The summed E-state index contributed by atoms with van der Waals surface area (Å²) < 4.78 is 15.4. The SMILES string of the molecule is Cc1ncc(COP(=O)(O)O)c(C=NC(CC(O)c2ccccc2)C(=O)O)c1O. The summed E-state index contributed by atoms with van der Waals surface area (Å²) in [6, 6.07) is 7.17. The lowest BCUT2D eigenvalue weighted by atomic mass is 10.0. The second-order valence-electron chi connectivity index (χ2n) is 6.19. The number of aryl methyl sites for hydroxylation is 1. The summed E-state index contributed by atoms with van der Waals surface area (Å²) in [7, 11) is -4.77. The van der Waals surface area contributed by atoms with Gasteiger partial charge in [0.05, 0.1) is 18.4 Å². The second kappa shape index (κ2) is 9.73. The third-order valence-electron chi connectivity index (χ3n) is 4.05. The molecule has 0 amide bonds. The van der Waals surface area contributed by atoms with Crippen LogP contribution in [0, 0.1) is 6.92 Å². The standard InChI is InChI=1S/C18H21N2O8P/c1-11-17(22)14(13(8-19-11)10-28-29(25,26)27)9-20-15(18(23)24)7-16(21)12-5-3-2-4-6-12/h2-6,8-9,15-16,21-22H,7,10H2,1H3,(H,23,24)(H2,25,26,27). The summed E-state index contributed by atoms with van der Waals surface area (Å²) in [4.78, 5) is 37.1. The fraction of sp³-hybridized carbons (Fsp3) is 0.278. The van der Waals surface area contributed by atoms with E-state index in [-0.39, 0.29) is 29.0 Å². The van der Waals surface area contributed by atoms with E-state index in [2.05, 4.69) is 14.5 Å². The van der Waals surface area contributed by atoms with Gasteiger partial charge in [-0.05, 0) is 12.5 Å². The number of carboxylic acids is 1. The average molecular weight is 424 g/mol. The smallest absolute Gasteiger partial charge is 0.469 e. The summed E-state index contributed by atoms with van der Waals surface area (Å²) in [5.74, 6) is -1.61. The molecule has 2 rings (SSSR count). The van der Waals surface area contributed by atoms with Gasteiger partial charge in [0.2, 0.25) is 0 Å². The summed E-state index contributed by atoms with van der Waals surface area (Å²) in [5.41, 5.74) is 0.870. The van der Waals surface area contributed by atoms with Crippen LogP contribution in [0.25, 0.3) is 0 Å². The van der Waals surface area contributed by atoms with Gasteiger partial charge in [-0.2, -0.15) is 0 Å². The first-order chi connectivity index (χ1) is 13.6. The fourth-order valence-electron chi connectivity index (χ4n) is 2.48. The molecule has 11 heteroatoms. The van der Waals surface area contributed by atoms with Crippen molar-refractivity contribution in [2.75, 3.05) is 0 Å². The number of pyridine rings is 1. The van der Waals surface area contributed by atoms with Gasteiger partial charge in [0, 0.05) is 30.0 Å². The van der Waals surface area contributed by atoms with Crippen molar-refractivity contribution in [3.05, 3.63) is 58.9 Å². The van der Waals surface area contributed by atoms with Crippen molar-refractivity contribution in [2.45, 2.75) is 32.1 Å². The number of aliphatic hydroxyl groups excluding tert-OH is 1. The van der Waals surface area contributed by atoms with Crippen molar-refractivity contribution in [1.29, 1.82) is 0 Å². The van der Waals surface area contributed by atoms with E-state index in [4.69, 9.17) is 9.79 Å². The lowest BCUT2D eigenvalue weighted by molar-refractivity contribution is -0.139. The van der Waals surface area contributed by atoms with E-state index < -0.39 is 32.5 Å². The van der Waals surface area contributed by atoms with Crippen molar-refractivity contribution < 1.29 is 39.0 Å². The fourth-order valence-corrected chi connectivity index (χ4v) is 2.79. The highest BCUT2D eigenvalue weighted by Crippen LogP contribution is 2.37. The molecule has 0 aliphatic rings. The molecule has 0 fully saturated rings. The molecule has 0 aliphatic heterocycles. The maximum Gasteiger partial charge on any atom is 0.469 e. The second-order valence-corrected chi connectivity index (χ2v) is 7.43. The Bertz CT molecular complexity index is 929. The minimum Gasteiger partial charge on any atom is -0.505 e. The highest BCUT2D eigenvalue weighted by molar-refractivity contribution is 7.46. The van der Waals surface area contributed by atoms with Crippen LogP contribution in [0.5, 0.6) is 5.75 Å². The molecule has 0 spiro atoms. The zero-order valence-electron chi connectivity index (χ0n) is 15.4. The third-order valence-corrected chi connectivity index (χ3v) is 4.51. The third kappa shape index (κ3) is 6.74. The maximum absolute atomic E-state index is 11.6. The molecule has 0 saturated heterocycles. The van der Waals surface area contributed by atoms with E-state index >= 15 is 0 Å². The van der Waals surface area contributed by atoms with Gasteiger partial charge in [0.25, 0.3) is 0 Å². The Kier molecular flexibility index (Phi) is 7.60. The molecular weight excluding hydrogens is 403 g/mol. The Morgan fingerprint density at radius 2 is 1.97 bits per heavy atom. The van der Waals surface area contributed by atoms with E-state index in [1.165, 1.54) is 13.1 Å². The molecule has 1 heterocycles. The minimum absolute atomic E-state index is 0.0198. The van der Waals surface area contributed by atoms with Crippen LogP contribution in [-0.2, 0) is 20.5 Å². The van der Waals surface area contributed by atoms with Crippen molar-refractivity contribution in [2.24, 2.45) is 4.99 Å². The Labute approximate surface area is 166 Å². The number of benzene rings is 1. The lowest BCUT2D eigenvalue weighted by Gasteiger charge is -2.15. The Morgan fingerprint density at radius 1 is 1.31 bits per heavy atom. The van der Waals surface area contributed by atoms with Crippen LogP contribution >= 0.6 is 7.82 Å². The number of aromatic nitrogens is 1. The van der Waals surface area contributed by atoms with E-state index in [1.807, 2.05) is 0 Å². The summed E-state index contributed by atoms with van der Waals surface area (Å²) in [6.07, 6.45) is 1.02. The summed E-state index contributed by atoms with van der Waals surface area (Å²) >= 11 is 0. The number of phosphoric acid groups is 1. The van der Waals surface area contributed by atoms with Gasteiger partial charge >= 0.3 is 13.8 Å². The predicted octanol–water partition coefficient (Wildman–Crippen LogP) is 1.70. The molecule has 5 N–H and O–H groups in total. The first kappa shape index (κ1) is 22.7. The number of aliphatic carboxylic acids is 1. The Hall–Kier alpha value is -2.62. The monoisotopic (exact) mass is 424 g/mol. The van der Waals surface area contributed by atoms with E-state index in [0.717, 1.165) is 6.21 Å². The van der Waals surface area contributed by atoms with Crippen LogP contribution in [0.3, 0.4) is 0 Å². The van der Waals surface area contributed by atoms with Gasteiger partial charge < -0.3 is 25.1 Å². The molecular formula is C18H21N2O8P. The van der Waals surface area contributed by atoms with E-state index in [1.54, 1.807) is 30.3 Å². The number of rotatable bonds is 9. The Balaban J connectivity index is 2.27. The quantitative estimate of drug-likeness (QED) is 0.297. The normalized spacial score (nSPS) is 14.1. The summed E-state index contributed by atoms with van der Waals surface area (Å²) in [6.45, 7) is 0.922. The van der Waals surface area contributed by atoms with E-state index in [9.17, 15) is 24.7 Å². The minimum atomic E-state index is -4.77. The van der Waals surface area contributed by atoms with Crippen molar-refractivity contribution >= 4 is 20.0 Å². The first-order valence-electron chi connectivity index (χ1n) is 8.45. The van der Waals surface area contributed by atoms with Crippen LogP contribution < -0.4 is 0 Å². The van der Waals surface area contributed by atoms with Crippen LogP contribution in [0.1, 0.15) is 34.9 Å². The van der Waals surface area contributed by atoms with Crippen LogP contribution in [0.15, 0.2) is 41.5 Å². The molecule has 29 heavy (non-hydrogen) atoms. The van der Waals surface area contributed by atoms with Gasteiger partial charge in [0.15, 0.2) is 0 Å². The van der Waals surface area contributed by atoms with Gasteiger partial charge in [-0.25, -0.2) is 9.36 Å². The predicted molar refractivity (Wildman–Crippen MR) is 103 cm³/mol. The maximum atomic E-state index is 11.6. The molecule has 0 saturated carbocycles. The van der Waals surface area contributed by atoms with Gasteiger partial charge in [0.1, 0.15) is 11.8 Å². The number of aliphatic imine (C=N–C) groups is 1. The zero-order valence-corrected chi connectivity index (χ0v) is 16.3. The molecule has 1 aromatic carbocycles. The molecule has 0 radical (unpaired) electrons. The topological polar surface area (TPSA) is 170 Å². The van der Waals surface area contributed by atoms with Crippen molar-refractivity contribution in [3.8, 4) is 5.75 Å². The first-order valence-corrected chi connectivity index (χ1v) is 9.98. The molecule has 0 bridgehead atoms. The molecule has 1 aromatic heterocycles. The molecule has 2 aromatic rings. The van der Waals surface area contributed by atoms with Crippen LogP contribution in [0.2, 0.25) is 0 Å². The number of aliphatic hydroxyl groups is 1. The summed E-state index contributed by atoms with van der Waals surface area (Å²) in [5, 5.41) is 29.9. The number of nitrogens with zero attached hydrogens (tertiary/aromatic N) is 2. The van der Waals surface area contributed by atoms with Gasteiger partial charge in [-0.1, -0.05) is 30.3 Å². The number of carbonyl (C=O) groups is 1. The Morgan fingerprint density at radius 3 is 2.55 bits per heavy atom. The highest BCUT2D eigenvalue weighted by atomic mass is 31.2. The van der Waals surface area contributed by atoms with Gasteiger partial charge in [-0.3, -0.25) is 14.5 Å². The number of phosphoric ester groups is 1. The van der Waals surface area contributed by atoms with E-state index in [0.29, 0.717) is 5.56 Å². The molecule has 10 nitrogen and oxygen atoms in total. The molecule has 156 valence electrons. The number of hydrogen-bond acceptors (Lipinski definition) is 7. The number of aromatic hydroxyl groups is 1. The van der Waals surface area contributed by atoms with Crippen LogP contribution in [-0.4, -0.2) is 48.3 Å². The van der Waals surface area contributed by atoms with Crippen molar-refractivity contribution in [1.82, 2.24) is 4.98 Å². The average Bonchev–Trinajstić information content (AvgIpc) is 2.66. The zero-order chi connectivity index (χ0) is 21.6. The van der Waals surface area contributed by atoms with Crippen LogP contribution in [0.4, 0.5) is 0 Å². The number of hydrogen-bond donors (Lipinski definition) is 5.